The third-order valence-electron chi connectivity index (χ3n) is 6.91. The number of nitrogens with one attached hydrogen (secondary N) is 2. The first-order valence-electron chi connectivity index (χ1n) is 11.3. The lowest BCUT2D eigenvalue weighted by atomic mass is 9.89. The number of nitrogens with zero attached hydrogens (tertiary/aromatic N) is 3. The van der Waals surface area contributed by atoms with Crippen LogP contribution in [0.3, 0.4) is 0 Å². The Morgan fingerprint density at radius 3 is 2.74 bits per heavy atom. The van der Waals surface area contributed by atoms with Crippen molar-refractivity contribution in [2.45, 2.75) is 38.3 Å². The van der Waals surface area contributed by atoms with Gasteiger partial charge in [0.15, 0.2) is 11.6 Å². The molecule has 2 N–H and O–H groups in total. The van der Waals surface area contributed by atoms with Gasteiger partial charge in [0.1, 0.15) is 12.6 Å². The van der Waals surface area contributed by atoms with Gasteiger partial charge in [0.05, 0.1) is 11.4 Å². The van der Waals surface area contributed by atoms with Gasteiger partial charge in [0.25, 0.3) is 0 Å². The van der Waals surface area contributed by atoms with Gasteiger partial charge in [0, 0.05) is 37.9 Å². The van der Waals surface area contributed by atoms with Crippen molar-refractivity contribution in [3.63, 3.8) is 0 Å². The molecule has 0 saturated carbocycles. The van der Waals surface area contributed by atoms with Crippen LogP contribution >= 0.6 is 0 Å². The Morgan fingerprint density at radius 2 is 1.97 bits per heavy atom. The minimum atomic E-state index is -5.01. The number of halogens is 4. The lowest BCUT2D eigenvalue weighted by Gasteiger charge is -2.26. The van der Waals surface area contributed by atoms with Gasteiger partial charge >= 0.3 is 12.3 Å². The minimum absolute atomic E-state index is 0.0526. The van der Waals surface area contributed by atoms with E-state index in [0.29, 0.717) is 38.9 Å². The van der Waals surface area contributed by atoms with Crippen molar-refractivity contribution in [1.29, 1.82) is 0 Å². The molecule has 3 aliphatic rings. The third kappa shape index (κ3) is 4.95. The summed E-state index contributed by atoms with van der Waals surface area (Å²) in [6.07, 6.45) is -3.06. The zero-order chi connectivity index (χ0) is 24.7. The average molecular weight is 497 g/mol. The van der Waals surface area contributed by atoms with Gasteiger partial charge in [-0.05, 0) is 36.5 Å². The fraction of sp³-hybridized carbons (Fsp3) is 0.545. The van der Waals surface area contributed by atoms with Crippen molar-refractivity contribution >= 4 is 11.9 Å². The molecule has 0 radical (unpaired) electrons. The maximum atomic E-state index is 13.9. The molecular formula is C22H23F4N5O4. The average Bonchev–Trinajstić information content (AvgIpc) is 3.53. The monoisotopic (exact) mass is 497 g/mol. The van der Waals surface area contributed by atoms with E-state index in [0.717, 1.165) is 23.5 Å². The number of carbonyl (C=O) groups is 2. The molecule has 3 heterocycles. The Hall–Kier alpha value is -3.22. The van der Waals surface area contributed by atoms with E-state index in [1.54, 1.807) is 4.90 Å². The number of amides is 1. The smallest absolute Gasteiger partial charge is 0.460 e. The van der Waals surface area contributed by atoms with Gasteiger partial charge in [-0.15, -0.1) is 13.2 Å². The summed E-state index contributed by atoms with van der Waals surface area (Å²) in [7, 11) is 0. The second kappa shape index (κ2) is 9.10. The molecule has 1 aromatic carbocycles. The molecule has 5 rings (SSSR count). The summed E-state index contributed by atoms with van der Waals surface area (Å²) in [5.74, 6) is -2.83. The molecule has 0 bridgehead atoms. The van der Waals surface area contributed by atoms with Crippen molar-refractivity contribution < 1.29 is 36.6 Å². The summed E-state index contributed by atoms with van der Waals surface area (Å²) in [6, 6.07) is 2.25. The fourth-order valence-corrected chi connectivity index (χ4v) is 5.20. The van der Waals surface area contributed by atoms with E-state index in [-0.39, 0.29) is 35.8 Å². The third-order valence-corrected chi connectivity index (χ3v) is 6.91. The SMILES string of the molecule is O=C(OCc1ccc(OC(F)(F)F)c(F)c1)C1NC[C@H]2CN(C(=O)[C@@H]3CCc4n[nH]nc4C3)C[C@@H]12. The second-order valence-electron chi connectivity index (χ2n) is 9.13. The lowest BCUT2D eigenvalue weighted by Crippen LogP contribution is -2.43. The van der Waals surface area contributed by atoms with Crippen LogP contribution in [0.15, 0.2) is 18.2 Å². The number of aromatic nitrogens is 3. The molecule has 2 aromatic rings. The number of aryl methyl sites for hydroxylation is 1. The van der Waals surface area contributed by atoms with E-state index in [9.17, 15) is 27.2 Å². The molecule has 1 aliphatic carbocycles. The standard InChI is InChI=1S/C22H23F4N5O4/c23-15-5-11(1-4-18(15)35-22(24,25)26)10-34-21(33)19-14-9-31(8-13(14)7-27-19)20(32)12-2-3-16-17(6-12)29-30-28-16/h1,4-5,12-14,19,27H,2-3,6-10H2,(H,28,29,30)/t12-,13+,14-,19?/m1/s1. The van der Waals surface area contributed by atoms with E-state index >= 15 is 0 Å². The normalized spacial score (nSPS) is 25.8. The molecule has 2 aliphatic heterocycles. The van der Waals surface area contributed by atoms with E-state index in [2.05, 4.69) is 25.5 Å². The van der Waals surface area contributed by atoms with Crippen LogP contribution in [0.1, 0.15) is 23.4 Å². The van der Waals surface area contributed by atoms with Crippen molar-refractivity contribution in [3.05, 3.63) is 41.0 Å². The van der Waals surface area contributed by atoms with Crippen LogP contribution < -0.4 is 10.1 Å². The molecule has 9 nitrogen and oxygen atoms in total. The molecule has 2 saturated heterocycles. The van der Waals surface area contributed by atoms with Crippen molar-refractivity contribution in [2.24, 2.45) is 17.8 Å². The Bertz CT molecular complexity index is 1120. The largest absolute Gasteiger partial charge is 0.573 e. The Balaban J connectivity index is 1.15. The Morgan fingerprint density at radius 1 is 1.17 bits per heavy atom. The predicted molar refractivity (Wildman–Crippen MR) is 110 cm³/mol. The molecule has 1 aromatic heterocycles. The van der Waals surface area contributed by atoms with Gasteiger partial charge < -0.3 is 19.7 Å². The number of H-pyrrole nitrogens is 1. The second-order valence-corrected chi connectivity index (χ2v) is 9.13. The summed E-state index contributed by atoms with van der Waals surface area (Å²) in [5, 5.41) is 14.0. The molecule has 188 valence electrons. The highest BCUT2D eigenvalue weighted by Gasteiger charge is 2.48. The van der Waals surface area contributed by atoms with Crippen LogP contribution in [0, 0.1) is 23.6 Å². The highest BCUT2D eigenvalue weighted by Crippen LogP contribution is 2.34. The van der Waals surface area contributed by atoms with Gasteiger partial charge in [-0.2, -0.15) is 15.4 Å². The number of likely N-dealkylation sites (tertiary alicyclic amines) is 1. The van der Waals surface area contributed by atoms with Gasteiger partial charge in [-0.3, -0.25) is 9.59 Å². The summed E-state index contributed by atoms with van der Waals surface area (Å²) in [5.41, 5.74) is 1.92. The summed E-state index contributed by atoms with van der Waals surface area (Å²) < 4.78 is 59.7. The number of esters is 1. The number of rotatable bonds is 5. The summed E-state index contributed by atoms with van der Waals surface area (Å²) in [6.45, 7) is 1.23. The first-order valence-corrected chi connectivity index (χ1v) is 11.3. The van der Waals surface area contributed by atoms with Crippen LogP contribution in [0.5, 0.6) is 5.75 Å². The first-order chi connectivity index (χ1) is 16.7. The van der Waals surface area contributed by atoms with Gasteiger partial charge in [-0.1, -0.05) is 6.07 Å². The fourth-order valence-electron chi connectivity index (χ4n) is 5.20. The van der Waals surface area contributed by atoms with Crippen molar-refractivity contribution in [2.75, 3.05) is 19.6 Å². The van der Waals surface area contributed by atoms with E-state index in [1.807, 2.05) is 0 Å². The van der Waals surface area contributed by atoms with Crippen LogP contribution in [-0.2, 0) is 33.8 Å². The van der Waals surface area contributed by atoms with Crippen LogP contribution in [0.2, 0.25) is 0 Å². The van der Waals surface area contributed by atoms with Gasteiger partial charge in [0.2, 0.25) is 5.91 Å². The van der Waals surface area contributed by atoms with Crippen molar-refractivity contribution in [3.8, 4) is 5.75 Å². The number of fused-ring (bicyclic) bond motifs is 2. The highest BCUT2D eigenvalue weighted by atomic mass is 19.4. The van der Waals surface area contributed by atoms with Crippen molar-refractivity contribution in [1.82, 2.24) is 25.6 Å². The summed E-state index contributed by atoms with van der Waals surface area (Å²) >= 11 is 0. The number of aromatic amines is 1. The molecule has 4 atom stereocenters. The maximum absolute atomic E-state index is 13.9. The van der Waals surface area contributed by atoms with Crippen LogP contribution in [0.25, 0.3) is 0 Å². The van der Waals surface area contributed by atoms with E-state index in [4.69, 9.17) is 4.74 Å². The molecule has 0 spiro atoms. The molecule has 13 heteroatoms. The van der Waals surface area contributed by atoms with Gasteiger partial charge in [-0.25, -0.2) is 4.39 Å². The summed E-state index contributed by atoms with van der Waals surface area (Å²) in [4.78, 5) is 27.6. The number of benzene rings is 1. The number of ether oxygens (including phenoxy) is 2. The Kier molecular flexibility index (Phi) is 6.11. The van der Waals surface area contributed by atoms with E-state index in [1.165, 1.54) is 6.07 Å². The zero-order valence-electron chi connectivity index (χ0n) is 18.5. The number of alkyl halides is 3. The quantitative estimate of drug-likeness (QED) is 0.479. The maximum Gasteiger partial charge on any atom is 0.573 e. The number of hydrogen-bond donors (Lipinski definition) is 2. The zero-order valence-corrected chi connectivity index (χ0v) is 18.5. The highest BCUT2D eigenvalue weighted by molar-refractivity contribution is 5.81. The number of carbonyl (C=O) groups excluding carboxylic acids is 2. The molecular weight excluding hydrogens is 474 g/mol. The Labute approximate surface area is 197 Å². The minimum Gasteiger partial charge on any atom is -0.460 e. The molecule has 1 amide bonds. The number of hydrogen-bond acceptors (Lipinski definition) is 7. The topological polar surface area (TPSA) is 109 Å². The molecule has 35 heavy (non-hydrogen) atoms. The molecule has 2 fully saturated rings. The molecule has 1 unspecified atom stereocenters. The lowest BCUT2D eigenvalue weighted by molar-refractivity contribution is -0.275. The van der Waals surface area contributed by atoms with Crippen LogP contribution in [-0.4, -0.2) is 64.2 Å². The predicted octanol–water partition coefficient (Wildman–Crippen LogP) is 1.74. The van der Waals surface area contributed by atoms with Crippen LogP contribution in [0.4, 0.5) is 17.6 Å². The first kappa shape index (κ1) is 23.5. The van der Waals surface area contributed by atoms with E-state index < -0.39 is 29.9 Å².